The summed E-state index contributed by atoms with van der Waals surface area (Å²) >= 11 is 0. The number of fused-ring (bicyclic) bond motifs is 1. The highest BCUT2D eigenvalue weighted by molar-refractivity contribution is 6.03. The van der Waals surface area contributed by atoms with Crippen LogP contribution in [0.15, 0.2) is 30.3 Å². The van der Waals surface area contributed by atoms with E-state index in [0.717, 1.165) is 45.4 Å². The van der Waals surface area contributed by atoms with E-state index in [4.69, 9.17) is 0 Å². The van der Waals surface area contributed by atoms with E-state index in [9.17, 15) is 9.59 Å². The Kier molecular flexibility index (Phi) is 3.25. The highest BCUT2D eigenvalue weighted by Gasteiger charge is 2.24. The first-order valence-corrected chi connectivity index (χ1v) is 7.26. The van der Waals surface area contributed by atoms with Crippen LogP contribution < -0.4 is 0 Å². The van der Waals surface area contributed by atoms with E-state index in [1.807, 2.05) is 30.3 Å². The number of carbonyl (C=O) groups excluding carboxylic acids is 2. The van der Waals surface area contributed by atoms with Gasteiger partial charge in [0.1, 0.15) is 0 Å². The molecule has 0 atom stereocenters. The first-order valence-electron chi connectivity index (χ1n) is 7.26. The molecule has 106 valence electrons. The minimum absolute atomic E-state index is 0.0672. The topological polar surface area (TPSA) is 34.1 Å². The highest BCUT2D eigenvalue weighted by atomic mass is 16.1. The molecule has 1 aliphatic carbocycles. The molecule has 0 amide bonds. The predicted molar refractivity (Wildman–Crippen MR) is 84.0 cm³/mol. The Hall–Kier alpha value is -2.22. The van der Waals surface area contributed by atoms with E-state index in [1.165, 1.54) is 0 Å². The van der Waals surface area contributed by atoms with Crippen LogP contribution in [-0.2, 0) is 6.42 Å². The number of hydrogen-bond donors (Lipinski definition) is 0. The fourth-order valence-corrected chi connectivity index (χ4v) is 3.14. The molecule has 0 fully saturated rings. The second-order valence-corrected chi connectivity index (χ2v) is 5.79. The zero-order valence-electron chi connectivity index (χ0n) is 12.6. The van der Waals surface area contributed by atoms with Gasteiger partial charge in [0.2, 0.25) is 0 Å². The normalized spacial score (nSPS) is 13.4. The highest BCUT2D eigenvalue weighted by Crippen LogP contribution is 2.37. The quantitative estimate of drug-likeness (QED) is 0.767. The number of hydrogen-bond acceptors (Lipinski definition) is 2. The van der Waals surface area contributed by atoms with Gasteiger partial charge in [-0.1, -0.05) is 24.3 Å². The number of benzene rings is 2. The summed E-state index contributed by atoms with van der Waals surface area (Å²) in [5.41, 5.74) is 7.22. The molecule has 0 radical (unpaired) electrons. The Labute approximate surface area is 124 Å². The van der Waals surface area contributed by atoms with Crippen molar-refractivity contribution in [3.8, 4) is 11.1 Å². The van der Waals surface area contributed by atoms with Gasteiger partial charge in [-0.25, -0.2) is 0 Å². The van der Waals surface area contributed by atoms with Gasteiger partial charge in [-0.3, -0.25) is 9.59 Å². The maximum atomic E-state index is 12.0. The lowest BCUT2D eigenvalue weighted by Gasteiger charge is -2.15. The zero-order chi connectivity index (χ0) is 15.1. The van der Waals surface area contributed by atoms with E-state index in [1.54, 1.807) is 6.92 Å². The Morgan fingerprint density at radius 2 is 1.67 bits per heavy atom. The van der Waals surface area contributed by atoms with Gasteiger partial charge in [-0.05, 0) is 61.1 Å². The molecule has 3 rings (SSSR count). The molecule has 0 spiro atoms. The number of carbonyl (C=O) groups is 2. The van der Waals surface area contributed by atoms with Gasteiger partial charge in [0.15, 0.2) is 11.6 Å². The molecule has 1 aliphatic rings. The van der Waals surface area contributed by atoms with Crippen LogP contribution in [0, 0.1) is 13.8 Å². The fraction of sp³-hybridized carbons (Fsp3) is 0.263. The van der Waals surface area contributed by atoms with Crippen molar-refractivity contribution in [3.05, 3.63) is 58.1 Å². The number of aryl methyl sites for hydroxylation is 2. The van der Waals surface area contributed by atoms with Crippen LogP contribution in [0.5, 0.6) is 0 Å². The lowest BCUT2D eigenvalue weighted by atomic mass is 9.89. The standard InChI is InChI=1S/C19H18O2/c1-11-4-6-14(13(3)20)10-17(11)19-12(2)5-7-15-16(19)8-9-18(15)21/h4-7,10H,8-9H2,1-3H3. The molecule has 0 heterocycles. The third-order valence-electron chi connectivity index (χ3n) is 4.34. The van der Waals surface area contributed by atoms with Crippen molar-refractivity contribution in [3.63, 3.8) is 0 Å². The molecule has 0 bridgehead atoms. The first kappa shape index (κ1) is 13.7. The van der Waals surface area contributed by atoms with Crippen molar-refractivity contribution >= 4 is 11.6 Å². The molecule has 2 heteroatoms. The summed E-state index contributed by atoms with van der Waals surface area (Å²) in [7, 11) is 0. The maximum absolute atomic E-state index is 12.0. The monoisotopic (exact) mass is 278 g/mol. The van der Waals surface area contributed by atoms with Crippen LogP contribution in [0.25, 0.3) is 11.1 Å². The summed E-state index contributed by atoms with van der Waals surface area (Å²) in [6.45, 7) is 5.70. The summed E-state index contributed by atoms with van der Waals surface area (Å²) in [6, 6.07) is 9.76. The predicted octanol–water partition coefficient (Wildman–Crippen LogP) is 4.30. The molecule has 2 nitrogen and oxygen atoms in total. The molecule has 2 aromatic carbocycles. The van der Waals surface area contributed by atoms with Crippen LogP contribution >= 0.6 is 0 Å². The van der Waals surface area contributed by atoms with Gasteiger partial charge in [-0.15, -0.1) is 0 Å². The second-order valence-electron chi connectivity index (χ2n) is 5.79. The minimum atomic E-state index is 0.0672. The van der Waals surface area contributed by atoms with Crippen LogP contribution in [0.3, 0.4) is 0 Å². The number of Topliss-reactive ketones (excluding diaryl/α,β-unsaturated/α-hetero) is 2. The Balaban J connectivity index is 2.29. The van der Waals surface area contributed by atoms with E-state index in [0.29, 0.717) is 6.42 Å². The van der Waals surface area contributed by atoms with Crippen LogP contribution in [0.4, 0.5) is 0 Å². The van der Waals surface area contributed by atoms with E-state index < -0.39 is 0 Å². The lowest BCUT2D eigenvalue weighted by molar-refractivity contribution is 0.0991. The van der Waals surface area contributed by atoms with Crippen LogP contribution in [0.1, 0.15) is 50.8 Å². The summed E-state index contributed by atoms with van der Waals surface area (Å²) < 4.78 is 0. The summed E-state index contributed by atoms with van der Waals surface area (Å²) in [5.74, 6) is 0.296. The third kappa shape index (κ3) is 2.21. The minimum Gasteiger partial charge on any atom is -0.295 e. The van der Waals surface area contributed by atoms with Gasteiger partial charge < -0.3 is 0 Å². The number of rotatable bonds is 2. The van der Waals surface area contributed by atoms with Gasteiger partial charge >= 0.3 is 0 Å². The van der Waals surface area contributed by atoms with Crippen LogP contribution in [-0.4, -0.2) is 11.6 Å². The Morgan fingerprint density at radius 1 is 0.952 bits per heavy atom. The lowest BCUT2D eigenvalue weighted by Crippen LogP contribution is -1.99. The van der Waals surface area contributed by atoms with Gasteiger partial charge in [0.05, 0.1) is 0 Å². The Bertz CT molecular complexity index is 769. The van der Waals surface area contributed by atoms with Crippen molar-refractivity contribution in [2.24, 2.45) is 0 Å². The second kappa shape index (κ2) is 4.96. The van der Waals surface area contributed by atoms with Crippen molar-refractivity contribution in [1.82, 2.24) is 0 Å². The maximum Gasteiger partial charge on any atom is 0.163 e. The molecule has 21 heavy (non-hydrogen) atoms. The van der Waals surface area contributed by atoms with E-state index >= 15 is 0 Å². The smallest absolute Gasteiger partial charge is 0.163 e. The summed E-state index contributed by atoms with van der Waals surface area (Å²) in [5, 5.41) is 0. The molecule has 0 N–H and O–H groups in total. The summed E-state index contributed by atoms with van der Waals surface area (Å²) in [4.78, 5) is 23.6. The van der Waals surface area contributed by atoms with Crippen molar-refractivity contribution in [1.29, 1.82) is 0 Å². The van der Waals surface area contributed by atoms with Crippen molar-refractivity contribution < 1.29 is 9.59 Å². The van der Waals surface area contributed by atoms with Crippen molar-refractivity contribution in [2.45, 2.75) is 33.6 Å². The fourth-order valence-electron chi connectivity index (χ4n) is 3.14. The van der Waals surface area contributed by atoms with E-state index in [2.05, 4.69) is 13.8 Å². The van der Waals surface area contributed by atoms with Gasteiger partial charge in [0.25, 0.3) is 0 Å². The molecule has 0 aromatic heterocycles. The zero-order valence-corrected chi connectivity index (χ0v) is 12.6. The summed E-state index contributed by atoms with van der Waals surface area (Å²) in [6.07, 6.45) is 1.39. The molecular weight excluding hydrogens is 260 g/mol. The largest absolute Gasteiger partial charge is 0.295 e. The molecular formula is C19H18O2. The molecule has 0 aliphatic heterocycles. The first-order chi connectivity index (χ1) is 9.99. The molecule has 0 saturated carbocycles. The number of ketones is 2. The SMILES string of the molecule is CC(=O)c1ccc(C)c(-c2c(C)ccc3c2CCC3=O)c1. The van der Waals surface area contributed by atoms with Gasteiger partial charge in [0, 0.05) is 17.5 Å². The van der Waals surface area contributed by atoms with E-state index in [-0.39, 0.29) is 11.6 Å². The Morgan fingerprint density at radius 3 is 2.38 bits per heavy atom. The van der Waals surface area contributed by atoms with Crippen molar-refractivity contribution in [2.75, 3.05) is 0 Å². The molecule has 0 unspecified atom stereocenters. The van der Waals surface area contributed by atoms with Crippen LogP contribution in [0.2, 0.25) is 0 Å². The molecule has 2 aromatic rings. The van der Waals surface area contributed by atoms with Gasteiger partial charge in [-0.2, -0.15) is 0 Å². The average Bonchev–Trinajstić information content (AvgIpc) is 2.81. The average molecular weight is 278 g/mol. The molecule has 0 saturated heterocycles. The third-order valence-corrected chi connectivity index (χ3v) is 4.34.